The molecule has 0 saturated carbocycles. The third-order valence-electron chi connectivity index (χ3n) is 2.52. The maximum atomic E-state index is 12.4. The van der Waals surface area contributed by atoms with Crippen LogP contribution in [0.5, 0.6) is 0 Å². The van der Waals surface area contributed by atoms with Gasteiger partial charge in [-0.25, -0.2) is 4.98 Å². The van der Waals surface area contributed by atoms with Gasteiger partial charge in [0.05, 0.1) is 18.6 Å². The predicted octanol–water partition coefficient (Wildman–Crippen LogP) is 3.42. The number of imidazole rings is 1. The van der Waals surface area contributed by atoms with Gasteiger partial charge in [-0.3, -0.25) is 0 Å². The van der Waals surface area contributed by atoms with E-state index in [2.05, 4.69) is 20.5 Å². The van der Waals surface area contributed by atoms with Crippen molar-refractivity contribution in [1.82, 2.24) is 19.7 Å². The number of aromatic nitrogens is 4. The molecule has 0 aliphatic rings. The second kappa shape index (κ2) is 5.45. The zero-order valence-electron chi connectivity index (χ0n) is 10.3. The highest BCUT2D eigenvalue weighted by molar-refractivity contribution is 7.15. The van der Waals surface area contributed by atoms with Crippen molar-refractivity contribution in [3.05, 3.63) is 40.1 Å². The second-order valence-electron chi connectivity index (χ2n) is 4.00. The maximum Gasteiger partial charge on any atom is 0.445 e. The molecule has 0 bridgehead atoms. The van der Waals surface area contributed by atoms with E-state index < -0.39 is 11.2 Å². The molecule has 0 spiro atoms. The average molecular weight is 331 g/mol. The molecule has 0 unspecified atom stereocenters. The predicted molar refractivity (Wildman–Crippen MR) is 73.7 cm³/mol. The van der Waals surface area contributed by atoms with Crippen LogP contribution in [0.2, 0.25) is 0 Å². The summed E-state index contributed by atoms with van der Waals surface area (Å²) in [6.45, 7) is 0.395. The molecule has 110 valence electrons. The molecule has 3 aromatic rings. The molecule has 3 rings (SSSR count). The third-order valence-corrected chi connectivity index (χ3v) is 4.37. The molecule has 0 atom stereocenters. The van der Waals surface area contributed by atoms with Gasteiger partial charge in [-0.15, -0.1) is 21.5 Å². The van der Waals surface area contributed by atoms with Crippen molar-refractivity contribution in [2.45, 2.75) is 12.7 Å². The summed E-state index contributed by atoms with van der Waals surface area (Å²) in [6.07, 6.45) is 0.726. The third kappa shape index (κ3) is 3.22. The lowest BCUT2D eigenvalue weighted by atomic mass is 10.4. The van der Waals surface area contributed by atoms with Gasteiger partial charge in [-0.2, -0.15) is 13.2 Å². The Bertz CT molecular complexity index is 716. The summed E-state index contributed by atoms with van der Waals surface area (Å²) < 4.78 is 39.0. The quantitative estimate of drug-likeness (QED) is 0.796. The van der Waals surface area contributed by atoms with Crippen LogP contribution >= 0.6 is 22.7 Å². The van der Waals surface area contributed by atoms with Gasteiger partial charge in [0.25, 0.3) is 0 Å². The Morgan fingerprint density at radius 2 is 2.14 bits per heavy atom. The van der Waals surface area contributed by atoms with Crippen LogP contribution in [0.15, 0.2) is 30.2 Å². The Morgan fingerprint density at radius 3 is 2.81 bits per heavy atom. The number of hydrogen-bond donors (Lipinski definition) is 1. The Morgan fingerprint density at radius 1 is 1.29 bits per heavy atom. The van der Waals surface area contributed by atoms with E-state index in [0.717, 1.165) is 10.6 Å². The fourth-order valence-electron chi connectivity index (χ4n) is 1.58. The van der Waals surface area contributed by atoms with Crippen molar-refractivity contribution in [2.24, 2.45) is 0 Å². The topological polar surface area (TPSA) is 55.6 Å². The van der Waals surface area contributed by atoms with Crippen LogP contribution in [-0.4, -0.2) is 19.7 Å². The van der Waals surface area contributed by atoms with Crippen LogP contribution in [0.1, 0.15) is 9.88 Å². The normalized spacial score (nSPS) is 11.8. The molecule has 0 aliphatic carbocycles. The van der Waals surface area contributed by atoms with Gasteiger partial charge in [0.1, 0.15) is 0 Å². The molecule has 0 aromatic carbocycles. The van der Waals surface area contributed by atoms with Crippen LogP contribution in [0.3, 0.4) is 0 Å². The number of nitrogens with zero attached hydrogens (tertiary/aromatic N) is 4. The Labute approximate surface area is 125 Å². The van der Waals surface area contributed by atoms with E-state index in [1.807, 2.05) is 22.2 Å². The molecule has 0 radical (unpaired) electrons. The molecular formula is C11H8F3N5S2. The van der Waals surface area contributed by atoms with Crippen molar-refractivity contribution >= 4 is 27.8 Å². The lowest BCUT2D eigenvalue weighted by Gasteiger charge is -1.99. The molecule has 3 heterocycles. The second-order valence-corrected chi connectivity index (χ2v) is 5.98. The number of rotatable bonds is 4. The average Bonchev–Trinajstić information content (AvgIpc) is 3.16. The standard InChI is InChI=1S/C11H8F3N5S2/c12-11(13,14)9-17-18-10(21-9)16-4-8-3-7(5-20-8)19-2-1-15-6-19/h1-3,5-6H,4H2,(H,16,18). The smallest absolute Gasteiger partial charge is 0.355 e. The number of nitrogens with one attached hydrogen (secondary N) is 1. The fraction of sp³-hybridized carbons (Fsp3) is 0.182. The zero-order chi connectivity index (χ0) is 14.9. The number of alkyl halides is 3. The van der Waals surface area contributed by atoms with Gasteiger partial charge in [0.15, 0.2) is 0 Å². The highest BCUT2D eigenvalue weighted by Gasteiger charge is 2.35. The van der Waals surface area contributed by atoms with Gasteiger partial charge in [0.2, 0.25) is 10.1 Å². The zero-order valence-corrected chi connectivity index (χ0v) is 12.0. The molecule has 10 heteroatoms. The van der Waals surface area contributed by atoms with E-state index in [4.69, 9.17) is 0 Å². The Hall–Kier alpha value is -1.94. The molecule has 0 amide bonds. The van der Waals surface area contributed by atoms with Crippen molar-refractivity contribution in [3.63, 3.8) is 0 Å². The van der Waals surface area contributed by atoms with Crippen molar-refractivity contribution in [2.75, 3.05) is 5.32 Å². The molecule has 21 heavy (non-hydrogen) atoms. The van der Waals surface area contributed by atoms with Gasteiger partial charge < -0.3 is 9.88 Å². The summed E-state index contributed by atoms with van der Waals surface area (Å²) >= 11 is 2.00. The largest absolute Gasteiger partial charge is 0.445 e. The SMILES string of the molecule is FC(F)(F)c1nnc(NCc2cc(-n3ccnc3)cs2)s1. The van der Waals surface area contributed by atoms with E-state index in [-0.39, 0.29) is 5.13 Å². The first-order valence-corrected chi connectivity index (χ1v) is 7.42. The number of anilines is 1. The molecule has 1 N–H and O–H groups in total. The minimum Gasteiger partial charge on any atom is -0.355 e. The van der Waals surface area contributed by atoms with Gasteiger partial charge >= 0.3 is 6.18 Å². The summed E-state index contributed by atoms with van der Waals surface area (Å²) in [6, 6.07) is 1.94. The fourth-order valence-corrected chi connectivity index (χ4v) is 2.99. The van der Waals surface area contributed by atoms with E-state index in [1.54, 1.807) is 12.5 Å². The Balaban J connectivity index is 1.64. The first kappa shape index (κ1) is 14.0. The minimum absolute atomic E-state index is 0.153. The van der Waals surface area contributed by atoms with E-state index in [0.29, 0.717) is 17.9 Å². The first-order chi connectivity index (χ1) is 10.0. The maximum absolute atomic E-state index is 12.4. The van der Waals surface area contributed by atoms with Gasteiger partial charge in [-0.05, 0) is 6.07 Å². The van der Waals surface area contributed by atoms with E-state index in [1.165, 1.54) is 11.3 Å². The van der Waals surface area contributed by atoms with Crippen LogP contribution < -0.4 is 5.32 Å². The monoisotopic (exact) mass is 331 g/mol. The lowest BCUT2D eigenvalue weighted by Crippen LogP contribution is -2.03. The van der Waals surface area contributed by atoms with E-state index in [9.17, 15) is 13.2 Å². The first-order valence-electron chi connectivity index (χ1n) is 5.73. The summed E-state index contributed by atoms with van der Waals surface area (Å²) in [5, 5.41) is 10.6. The van der Waals surface area contributed by atoms with Crippen molar-refractivity contribution in [3.8, 4) is 5.69 Å². The molecule has 3 aromatic heterocycles. The minimum atomic E-state index is -4.45. The molecule has 5 nitrogen and oxygen atoms in total. The summed E-state index contributed by atoms with van der Waals surface area (Å²) in [4.78, 5) is 4.93. The highest BCUT2D eigenvalue weighted by Crippen LogP contribution is 2.33. The molecule has 0 aliphatic heterocycles. The van der Waals surface area contributed by atoms with Gasteiger partial charge in [-0.1, -0.05) is 11.3 Å². The molecular weight excluding hydrogens is 323 g/mol. The van der Waals surface area contributed by atoms with Crippen molar-refractivity contribution in [1.29, 1.82) is 0 Å². The number of thiophene rings is 1. The van der Waals surface area contributed by atoms with Crippen LogP contribution in [0, 0.1) is 0 Å². The lowest BCUT2D eigenvalue weighted by molar-refractivity contribution is -0.138. The van der Waals surface area contributed by atoms with E-state index >= 15 is 0 Å². The van der Waals surface area contributed by atoms with Crippen molar-refractivity contribution < 1.29 is 13.2 Å². The summed E-state index contributed by atoms with van der Waals surface area (Å²) in [7, 11) is 0. The molecule has 0 fully saturated rings. The summed E-state index contributed by atoms with van der Waals surface area (Å²) in [5.41, 5.74) is 0.961. The summed E-state index contributed by atoms with van der Waals surface area (Å²) in [5.74, 6) is 0. The van der Waals surface area contributed by atoms with Crippen LogP contribution in [-0.2, 0) is 12.7 Å². The number of hydrogen-bond acceptors (Lipinski definition) is 6. The van der Waals surface area contributed by atoms with Crippen LogP contribution in [0.25, 0.3) is 5.69 Å². The van der Waals surface area contributed by atoms with Crippen LogP contribution in [0.4, 0.5) is 18.3 Å². The highest BCUT2D eigenvalue weighted by atomic mass is 32.1. The Kier molecular flexibility index (Phi) is 3.64. The number of halogens is 3. The molecule has 0 saturated heterocycles. The van der Waals surface area contributed by atoms with Gasteiger partial charge in [0, 0.05) is 22.7 Å².